The molecule has 0 amide bonds. The first-order valence-corrected chi connectivity index (χ1v) is 11.1. The molecule has 25 heavy (non-hydrogen) atoms. The highest BCUT2D eigenvalue weighted by Gasteiger charge is 2.72. The van der Waals surface area contributed by atoms with E-state index in [1.807, 2.05) is 37.3 Å². The number of benzene rings is 1. The Morgan fingerprint density at radius 3 is 2.64 bits per heavy atom. The van der Waals surface area contributed by atoms with E-state index in [9.17, 15) is 4.89 Å². The normalized spacial score (nSPS) is 42.4. The fraction of sp³-hybridized carbons (Fsp3) is 0.700. The van der Waals surface area contributed by atoms with Crippen LogP contribution in [-0.4, -0.2) is 24.5 Å². The SMILES string of the molecule is CC(COc1ccccc1)C[P+]1([O-])O[C@H]2C[C@H]3C[C@H](C3(C)C)[C@@]2(C)O1. The van der Waals surface area contributed by atoms with Gasteiger partial charge in [-0.25, -0.2) is 9.05 Å². The van der Waals surface area contributed by atoms with Crippen LogP contribution in [0.1, 0.15) is 40.5 Å². The number of hydrogen-bond donors (Lipinski definition) is 0. The average Bonchev–Trinajstić information content (AvgIpc) is 2.83. The second-order valence-electron chi connectivity index (χ2n) is 8.93. The minimum atomic E-state index is -3.07. The fourth-order valence-electron chi connectivity index (χ4n) is 5.16. The van der Waals surface area contributed by atoms with Crippen LogP contribution in [0.5, 0.6) is 5.75 Å². The highest BCUT2D eigenvalue weighted by Crippen LogP contribution is 2.75. The summed E-state index contributed by atoms with van der Waals surface area (Å²) in [5.74, 6) is 2.06. The van der Waals surface area contributed by atoms with Crippen molar-refractivity contribution in [2.45, 2.75) is 52.2 Å². The molecule has 2 bridgehead atoms. The monoisotopic (exact) mass is 364 g/mol. The van der Waals surface area contributed by atoms with Gasteiger partial charge < -0.3 is 9.63 Å². The Labute approximate surface area is 151 Å². The van der Waals surface area contributed by atoms with Gasteiger partial charge in [0, 0.05) is 11.8 Å². The topological polar surface area (TPSA) is 50.8 Å². The van der Waals surface area contributed by atoms with E-state index in [1.165, 1.54) is 6.42 Å². The molecule has 0 N–H and O–H groups in total. The first kappa shape index (κ1) is 17.7. The number of rotatable bonds is 5. The van der Waals surface area contributed by atoms with Gasteiger partial charge in [-0.1, -0.05) is 39.0 Å². The Kier molecular flexibility index (Phi) is 4.20. The maximum atomic E-state index is 13.3. The van der Waals surface area contributed by atoms with Crippen molar-refractivity contribution in [2.24, 2.45) is 23.2 Å². The molecule has 0 radical (unpaired) electrons. The molecule has 6 atom stereocenters. The molecule has 4 aliphatic rings. The van der Waals surface area contributed by atoms with E-state index in [-0.39, 0.29) is 17.4 Å². The zero-order chi connectivity index (χ0) is 17.9. The van der Waals surface area contributed by atoms with Gasteiger partial charge in [0.05, 0.1) is 6.61 Å². The van der Waals surface area contributed by atoms with Crippen LogP contribution in [0.4, 0.5) is 0 Å². The Morgan fingerprint density at radius 1 is 1.24 bits per heavy atom. The molecule has 2 unspecified atom stereocenters. The smallest absolute Gasteiger partial charge is 0.239 e. The van der Waals surface area contributed by atoms with Crippen LogP contribution >= 0.6 is 7.94 Å². The first-order valence-electron chi connectivity index (χ1n) is 9.39. The minimum absolute atomic E-state index is 0.0163. The van der Waals surface area contributed by atoms with Gasteiger partial charge in [0.25, 0.3) is 0 Å². The molecule has 4 nitrogen and oxygen atoms in total. The standard InChI is InChI=1S/C20H29O4P/c1-14(12-22-16-8-6-5-7-9-16)13-25(21)23-18-11-15-10-17(19(15,2)3)20(18,4)24-25/h5-9,14-15,17-18H,10-13H2,1-4H3/t14?,15-,17-,18+,20-,25?/m1/s1. The van der Waals surface area contributed by atoms with Crippen molar-refractivity contribution in [1.82, 2.24) is 0 Å². The van der Waals surface area contributed by atoms with Gasteiger partial charge in [-0.15, -0.1) is 0 Å². The van der Waals surface area contributed by atoms with Gasteiger partial charge in [0.1, 0.15) is 23.6 Å². The Bertz CT molecular complexity index is 636. The zero-order valence-corrected chi connectivity index (χ0v) is 16.5. The summed E-state index contributed by atoms with van der Waals surface area (Å²) in [6.45, 7) is 9.31. The molecule has 1 aromatic rings. The molecular formula is C20H29O4P. The van der Waals surface area contributed by atoms with Gasteiger partial charge in [0.15, 0.2) is 0 Å². The van der Waals surface area contributed by atoms with Crippen LogP contribution in [0.3, 0.4) is 0 Å². The highest BCUT2D eigenvalue weighted by molar-refractivity contribution is 7.59. The molecule has 1 saturated heterocycles. The van der Waals surface area contributed by atoms with Crippen LogP contribution in [0, 0.1) is 23.2 Å². The van der Waals surface area contributed by atoms with Crippen molar-refractivity contribution >= 4 is 7.94 Å². The second kappa shape index (κ2) is 5.92. The van der Waals surface area contributed by atoms with E-state index in [2.05, 4.69) is 20.8 Å². The van der Waals surface area contributed by atoms with Gasteiger partial charge in [-0.05, 0) is 43.2 Å². The number of para-hydroxylation sites is 1. The van der Waals surface area contributed by atoms with Crippen molar-refractivity contribution in [3.63, 3.8) is 0 Å². The summed E-state index contributed by atoms with van der Waals surface area (Å²) in [4.78, 5) is 13.3. The van der Waals surface area contributed by atoms with Crippen LogP contribution in [-0.2, 0) is 9.05 Å². The third-order valence-electron chi connectivity index (χ3n) is 6.74. The molecule has 5 rings (SSSR count). The summed E-state index contributed by atoms with van der Waals surface area (Å²) >= 11 is 0. The van der Waals surface area contributed by atoms with E-state index < -0.39 is 13.5 Å². The maximum absolute atomic E-state index is 13.3. The van der Waals surface area contributed by atoms with Crippen molar-refractivity contribution in [1.29, 1.82) is 0 Å². The molecule has 4 fully saturated rings. The maximum Gasteiger partial charge on any atom is 0.239 e. The summed E-state index contributed by atoms with van der Waals surface area (Å²) in [7, 11) is -3.07. The minimum Gasteiger partial charge on any atom is -0.631 e. The summed E-state index contributed by atoms with van der Waals surface area (Å²) in [6, 6.07) is 9.73. The molecule has 138 valence electrons. The molecule has 5 heteroatoms. The van der Waals surface area contributed by atoms with E-state index in [0.717, 1.165) is 12.2 Å². The third kappa shape index (κ3) is 2.92. The molecule has 0 aromatic heterocycles. The Hall–Kier alpha value is -0.670. The predicted octanol–water partition coefficient (Wildman–Crippen LogP) is 4.06. The summed E-state index contributed by atoms with van der Waals surface area (Å²) < 4.78 is 18.1. The van der Waals surface area contributed by atoms with Gasteiger partial charge >= 0.3 is 0 Å². The number of ether oxygens (including phenoxy) is 1. The molecular weight excluding hydrogens is 335 g/mol. The quantitative estimate of drug-likeness (QED) is 0.739. The Morgan fingerprint density at radius 2 is 1.96 bits per heavy atom. The lowest BCUT2D eigenvalue weighted by molar-refractivity contribution is -0.221. The molecule has 1 aliphatic heterocycles. The third-order valence-corrected chi connectivity index (χ3v) is 9.05. The van der Waals surface area contributed by atoms with E-state index in [4.69, 9.17) is 13.8 Å². The van der Waals surface area contributed by atoms with Gasteiger partial charge in [-0.3, -0.25) is 0 Å². The summed E-state index contributed by atoms with van der Waals surface area (Å²) in [5, 5.41) is 0. The molecule has 1 aromatic carbocycles. The van der Waals surface area contributed by atoms with Crippen molar-refractivity contribution < 1.29 is 18.7 Å². The second-order valence-corrected chi connectivity index (χ2v) is 10.9. The lowest BCUT2D eigenvalue weighted by Crippen LogP contribution is -2.65. The average molecular weight is 364 g/mol. The van der Waals surface area contributed by atoms with Gasteiger partial charge in [0.2, 0.25) is 7.94 Å². The van der Waals surface area contributed by atoms with E-state index in [1.54, 1.807) is 0 Å². The van der Waals surface area contributed by atoms with E-state index >= 15 is 0 Å². The summed E-state index contributed by atoms with van der Waals surface area (Å²) in [5.41, 5.74) is -0.125. The number of hydrogen-bond acceptors (Lipinski definition) is 4. The van der Waals surface area contributed by atoms with E-state index in [0.29, 0.717) is 24.6 Å². The van der Waals surface area contributed by atoms with Crippen molar-refractivity contribution in [2.75, 3.05) is 12.8 Å². The molecule has 1 heterocycles. The molecule has 3 aliphatic carbocycles. The fourth-order valence-corrected chi connectivity index (χ4v) is 7.76. The first-order chi connectivity index (χ1) is 11.7. The van der Waals surface area contributed by atoms with Crippen LogP contribution in [0.25, 0.3) is 0 Å². The van der Waals surface area contributed by atoms with Crippen molar-refractivity contribution in [3.8, 4) is 5.75 Å². The van der Waals surface area contributed by atoms with Crippen molar-refractivity contribution in [3.05, 3.63) is 30.3 Å². The van der Waals surface area contributed by atoms with Crippen LogP contribution < -0.4 is 9.63 Å². The zero-order valence-electron chi connectivity index (χ0n) is 15.6. The molecule has 0 spiro atoms. The van der Waals surface area contributed by atoms with Gasteiger partial charge in [-0.2, -0.15) is 0 Å². The lowest BCUT2D eigenvalue weighted by atomic mass is 9.43. The summed E-state index contributed by atoms with van der Waals surface area (Å²) in [6.07, 6.45) is 2.55. The molecule has 3 saturated carbocycles. The van der Waals surface area contributed by atoms with Crippen LogP contribution in [0.15, 0.2) is 30.3 Å². The van der Waals surface area contributed by atoms with Crippen LogP contribution in [0.2, 0.25) is 0 Å². The lowest BCUT2D eigenvalue weighted by Gasteiger charge is -2.62. The predicted molar refractivity (Wildman–Crippen MR) is 97.2 cm³/mol. The largest absolute Gasteiger partial charge is 0.631 e. The highest BCUT2D eigenvalue weighted by atomic mass is 31.2. The Balaban J connectivity index is 1.38.